The number of piperidine rings is 1. The van der Waals surface area contributed by atoms with Crippen LogP contribution in [0.15, 0.2) is 11.6 Å². The molecule has 4 aliphatic rings. The molecule has 24 heavy (non-hydrogen) atoms. The van der Waals surface area contributed by atoms with Crippen molar-refractivity contribution in [2.24, 2.45) is 29.1 Å². The van der Waals surface area contributed by atoms with Crippen LogP contribution in [-0.2, 0) is 9.53 Å². The molecule has 2 heterocycles. The van der Waals surface area contributed by atoms with Crippen LogP contribution in [0.5, 0.6) is 0 Å². The van der Waals surface area contributed by atoms with Crippen LogP contribution in [0.2, 0.25) is 0 Å². The molecule has 1 saturated carbocycles. The molecule has 0 aromatic rings. The van der Waals surface area contributed by atoms with E-state index in [9.17, 15) is 4.79 Å². The van der Waals surface area contributed by atoms with Crippen LogP contribution in [-0.4, -0.2) is 31.7 Å². The van der Waals surface area contributed by atoms with Crippen molar-refractivity contribution in [1.82, 2.24) is 0 Å². The van der Waals surface area contributed by atoms with Crippen molar-refractivity contribution >= 4 is 5.97 Å². The van der Waals surface area contributed by atoms with Gasteiger partial charge in [0, 0.05) is 11.8 Å². The van der Waals surface area contributed by atoms with Gasteiger partial charge in [-0.25, -0.2) is 0 Å². The van der Waals surface area contributed by atoms with E-state index in [1.54, 1.807) is 10.5 Å². The van der Waals surface area contributed by atoms with Gasteiger partial charge in [-0.1, -0.05) is 38.8 Å². The van der Waals surface area contributed by atoms with Gasteiger partial charge in [-0.05, 0) is 43.4 Å². The van der Waals surface area contributed by atoms with E-state index < -0.39 is 0 Å². The SMILES string of the molecule is C[C@H]1CCC[NH+](C[C@H]2C(=O)O[C@@H]3C[C@@]4(C)CCC[C@H](C)C4=C[C@@H]32)C1. The topological polar surface area (TPSA) is 30.7 Å². The Morgan fingerprint density at radius 2 is 2.12 bits per heavy atom. The summed E-state index contributed by atoms with van der Waals surface area (Å²) in [5.41, 5.74) is 1.92. The molecule has 3 fully saturated rings. The molecule has 0 radical (unpaired) electrons. The maximum atomic E-state index is 12.6. The highest BCUT2D eigenvalue weighted by Gasteiger charge is 2.52. The number of fused-ring (bicyclic) bond motifs is 2. The van der Waals surface area contributed by atoms with Gasteiger partial charge in [-0.15, -0.1) is 0 Å². The molecule has 7 atom stereocenters. The maximum absolute atomic E-state index is 12.6. The van der Waals surface area contributed by atoms with Crippen LogP contribution >= 0.6 is 0 Å². The highest BCUT2D eigenvalue weighted by Crippen LogP contribution is 2.53. The minimum atomic E-state index is 0.0856. The van der Waals surface area contributed by atoms with Crippen LogP contribution < -0.4 is 4.90 Å². The van der Waals surface area contributed by atoms with Crippen molar-refractivity contribution < 1.29 is 14.4 Å². The first kappa shape index (κ1) is 16.6. The van der Waals surface area contributed by atoms with Gasteiger partial charge in [0.2, 0.25) is 0 Å². The summed E-state index contributed by atoms with van der Waals surface area (Å²) in [5.74, 6) is 2.01. The average Bonchev–Trinajstić information content (AvgIpc) is 2.80. The molecular weight excluding hydrogens is 298 g/mol. The molecule has 134 valence electrons. The van der Waals surface area contributed by atoms with E-state index in [0.29, 0.717) is 11.8 Å². The summed E-state index contributed by atoms with van der Waals surface area (Å²) in [6, 6.07) is 0. The number of esters is 1. The molecule has 0 aromatic heterocycles. The number of quaternary nitrogens is 1. The van der Waals surface area contributed by atoms with E-state index in [2.05, 4.69) is 26.8 Å². The normalized spacial score (nSPS) is 48.3. The number of carbonyl (C=O) groups is 1. The van der Waals surface area contributed by atoms with Crippen molar-refractivity contribution in [3.63, 3.8) is 0 Å². The predicted octanol–water partition coefficient (Wildman–Crippen LogP) is 2.62. The molecule has 3 heteroatoms. The van der Waals surface area contributed by atoms with Gasteiger partial charge in [-0.2, -0.15) is 0 Å². The van der Waals surface area contributed by atoms with E-state index in [-0.39, 0.29) is 23.4 Å². The number of ether oxygens (including phenoxy) is 1. The van der Waals surface area contributed by atoms with E-state index >= 15 is 0 Å². The van der Waals surface area contributed by atoms with Crippen molar-refractivity contribution in [3.05, 3.63) is 11.6 Å². The Morgan fingerprint density at radius 1 is 1.29 bits per heavy atom. The highest BCUT2D eigenvalue weighted by molar-refractivity contribution is 5.76. The first-order valence-corrected chi connectivity index (χ1v) is 10.2. The summed E-state index contributed by atoms with van der Waals surface area (Å²) in [5, 5.41) is 0. The Balaban J connectivity index is 1.55. The zero-order valence-corrected chi connectivity index (χ0v) is 15.6. The molecule has 0 aromatic carbocycles. The number of carbonyl (C=O) groups excluding carboxylic acids is 1. The quantitative estimate of drug-likeness (QED) is 0.622. The molecular formula is C21H34NO2+. The number of allylic oxidation sites excluding steroid dienone is 1. The number of rotatable bonds is 2. The lowest BCUT2D eigenvalue weighted by Gasteiger charge is -2.46. The third-order valence-electron chi connectivity index (χ3n) is 7.45. The fraction of sp³-hybridized carbons (Fsp3) is 0.857. The molecule has 0 bridgehead atoms. The smallest absolute Gasteiger partial charge is 0.315 e. The second-order valence-electron chi connectivity index (χ2n) is 9.49. The van der Waals surface area contributed by atoms with Crippen molar-refractivity contribution in [2.45, 2.75) is 65.4 Å². The highest BCUT2D eigenvalue weighted by atomic mass is 16.6. The third kappa shape index (κ3) is 2.83. The lowest BCUT2D eigenvalue weighted by Crippen LogP contribution is -3.14. The Kier molecular flexibility index (Phi) is 4.27. The monoisotopic (exact) mass is 332 g/mol. The van der Waals surface area contributed by atoms with Crippen LogP contribution in [0.3, 0.4) is 0 Å². The van der Waals surface area contributed by atoms with E-state index in [4.69, 9.17) is 4.74 Å². The fourth-order valence-electron chi connectivity index (χ4n) is 6.18. The van der Waals surface area contributed by atoms with E-state index in [1.165, 1.54) is 45.2 Å². The van der Waals surface area contributed by atoms with Crippen molar-refractivity contribution in [1.29, 1.82) is 0 Å². The van der Waals surface area contributed by atoms with Gasteiger partial charge in [0.15, 0.2) is 0 Å². The largest absolute Gasteiger partial charge is 0.461 e. The lowest BCUT2D eigenvalue weighted by molar-refractivity contribution is -0.911. The summed E-state index contributed by atoms with van der Waals surface area (Å²) in [6.45, 7) is 10.6. The zero-order valence-electron chi connectivity index (χ0n) is 15.6. The molecule has 2 saturated heterocycles. The molecule has 0 amide bonds. The average molecular weight is 333 g/mol. The predicted molar refractivity (Wildman–Crippen MR) is 94.6 cm³/mol. The Labute approximate surface area is 146 Å². The Bertz CT molecular complexity index is 542. The summed E-state index contributed by atoms with van der Waals surface area (Å²) >= 11 is 0. The van der Waals surface area contributed by atoms with Crippen LogP contribution in [0.1, 0.15) is 59.3 Å². The van der Waals surface area contributed by atoms with Crippen LogP contribution in [0.4, 0.5) is 0 Å². The molecule has 0 spiro atoms. The zero-order chi connectivity index (χ0) is 16.9. The Morgan fingerprint density at radius 3 is 2.92 bits per heavy atom. The van der Waals surface area contributed by atoms with Gasteiger partial charge in [0.05, 0.1) is 19.6 Å². The maximum Gasteiger partial charge on any atom is 0.315 e. The minimum absolute atomic E-state index is 0.0856. The second-order valence-corrected chi connectivity index (χ2v) is 9.49. The number of likely N-dealkylation sites (tertiary alicyclic amines) is 1. The number of hydrogen-bond acceptors (Lipinski definition) is 2. The summed E-state index contributed by atoms with van der Waals surface area (Å²) in [4.78, 5) is 14.2. The minimum Gasteiger partial charge on any atom is -0.461 e. The van der Waals surface area contributed by atoms with Crippen LogP contribution in [0, 0.1) is 29.1 Å². The second kappa shape index (κ2) is 6.16. The van der Waals surface area contributed by atoms with Crippen molar-refractivity contribution in [2.75, 3.05) is 19.6 Å². The van der Waals surface area contributed by atoms with E-state index in [1.807, 2.05) is 0 Å². The van der Waals surface area contributed by atoms with Crippen molar-refractivity contribution in [3.8, 4) is 0 Å². The standard InChI is InChI=1S/C21H33NO2/c1-14-6-5-9-22(12-14)13-17-16-10-18-15(2)7-4-8-21(18,3)11-19(16)24-20(17)23/h10,14-17,19H,4-9,11-13H2,1-3H3/p+1/t14-,15-,16+,17+,19+,21+/m0/s1. The lowest BCUT2D eigenvalue weighted by atomic mass is 9.59. The summed E-state index contributed by atoms with van der Waals surface area (Å²) < 4.78 is 5.90. The molecule has 3 nitrogen and oxygen atoms in total. The van der Waals surface area contributed by atoms with Gasteiger partial charge in [0.25, 0.3) is 0 Å². The van der Waals surface area contributed by atoms with Gasteiger partial charge in [-0.3, -0.25) is 4.79 Å². The third-order valence-corrected chi connectivity index (χ3v) is 7.45. The van der Waals surface area contributed by atoms with Gasteiger partial charge >= 0.3 is 5.97 Å². The fourth-order valence-corrected chi connectivity index (χ4v) is 6.18. The molecule has 2 aliphatic heterocycles. The molecule has 4 rings (SSSR count). The first-order valence-electron chi connectivity index (χ1n) is 10.2. The molecule has 1 N–H and O–H groups in total. The van der Waals surface area contributed by atoms with Gasteiger partial charge < -0.3 is 9.64 Å². The summed E-state index contributed by atoms with van der Waals surface area (Å²) in [7, 11) is 0. The van der Waals surface area contributed by atoms with Gasteiger partial charge in [0.1, 0.15) is 12.0 Å². The van der Waals surface area contributed by atoms with Crippen LogP contribution in [0.25, 0.3) is 0 Å². The Hall–Kier alpha value is -0.830. The molecule has 1 unspecified atom stereocenters. The van der Waals surface area contributed by atoms with E-state index in [0.717, 1.165) is 18.9 Å². The summed E-state index contributed by atoms with van der Waals surface area (Å²) in [6.07, 6.45) is 10.3. The molecule has 2 aliphatic carbocycles. The number of hydrogen-bond donors (Lipinski definition) is 1. The number of nitrogens with one attached hydrogen (secondary N) is 1. The first-order chi connectivity index (χ1) is 11.5.